The van der Waals surface area contributed by atoms with E-state index in [-0.39, 0.29) is 17.7 Å². The van der Waals surface area contributed by atoms with Crippen LogP contribution in [0.1, 0.15) is 27.9 Å². The molecule has 1 spiro atoms. The Labute approximate surface area is 198 Å². The Kier molecular flexibility index (Phi) is 4.78. The smallest absolute Gasteiger partial charge is 0.250 e. The molecule has 11 heteroatoms. The number of nitrogens with one attached hydrogen (secondary N) is 2. The molecule has 2 fully saturated rings. The predicted molar refractivity (Wildman–Crippen MR) is 122 cm³/mol. The van der Waals surface area contributed by atoms with Crippen LogP contribution in [0.5, 0.6) is 0 Å². The number of benzene rings is 2. The molecule has 0 saturated carbocycles. The molecule has 3 aliphatic rings. The van der Waals surface area contributed by atoms with Gasteiger partial charge in [0, 0.05) is 23.6 Å². The van der Waals surface area contributed by atoms with Crippen molar-refractivity contribution in [1.29, 1.82) is 0 Å². The average Bonchev–Trinajstić information content (AvgIpc) is 3.33. The van der Waals surface area contributed by atoms with Crippen LogP contribution >= 0.6 is 11.6 Å². The number of rotatable bonds is 4. The SMILES string of the molecule is Cc1cc(Cl)c2c(c1)[C@@]1(N[C@@H](CC(N)=O)[C@H]3C(=O)N(c4ccc(C(N)=O)cc4)C(=O)[C@@H]31)C(=O)N2. The number of carbonyl (C=O) groups is 5. The third kappa shape index (κ3) is 2.88. The van der Waals surface area contributed by atoms with Crippen LogP contribution in [0.3, 0.4) is 0 Å². The van der Waals surface area contributed by atoms with Crippen LogP contribution in [-0.2, 0) is 24.7 Å². The molecule has 10 nitrogen and oxygen atoms in total. The van der Waals surface area contributed by atoms with Gasteiger partial charge in [0.2, 0.25) is 29.5 Å². The molecule has 5 amide bonds. The maximum Gasteiger partial charge on any atom is 0.250 e. The molecule has 4 atom stereocenters. The highest BCUT2D eigenvalue weighted by Crippen LogP contribution is 2.55. The van der Waals surface area contributed by atoms with Gasteiger partial charge in [0.25, 0.3) is 0 Å². The van der Waals surface area contributed by atoms with Gasteiger partial charge in [-0.3, -0.25) is 29.3 Å². The number of carbonyl (C=O) groups excluding carboxylic acids is 5. The van der Waals surface area contributed by atoms with E-state index in [1.54, 1.807) is 19.1 Å². The highest BCUT2D eigenvalue weighted by Gasteiger charge is 2.71. The fraction of sp³-hybridized carbons (Fsp3) is 0.261. The third-order valence-electron chi connectivity index (χ3n) is 6.75. The van der Waals surface area contributed by atoms with Gasteiger partial charge in [-0.1, -0.05) is 17.7 Å². The normalized spacial score (nSPS) is 27.2. The number of primary amides is 2. The lowest BCUT2D eigenvalue weighted by Crippen LogP contribution is -2.53. The molecule has 2 aromatic rings. The van der Waals surface area contributed by atoms with E-state index in [0.717, 1.165) is 10.5 Å². The number of imide groups is 1. The van der Waals surface area contributed by atoms with Crippen molar-refractivity contribution in [3.8, 4) is 0 Å². The molecule has 2 aromatic carbocycles. The Morgan fingerprint density at radius 3 is 2.38 bits per heavy atom. The van der Waals surface area contributed by atoms with Gasteiger partial charge in [-0.25, -0.2) is 4.90 Å². The second-order valence-corrected chi connectivity index (χ2v) is 9.19. The molecule has 174 valence electrons. The molecule has 0 aromatic heterocycles. The Bertz CT molecular complexity index is 1310. The van der Waals surface area contributed by atoms with Gasteiger partial charge < -0.3 is 16.8 Å². The van der Waals surface area contributed by atoms with Crippen LogP contribution in [0.25, 0.3) is 0 Å². The van der Waals surface area contributed by atoms with E-state index in [9.17, 15) is 24.0 Å². The van der Waals surface area contributed by atoms with Crippen molar-refractivity contribution < 1.29 is 24.0 Å². The maximum absolute atomic E-state index is 13.8. The highest BCUT2D eigenvalue weighted by atomic mass is 35.5. The molecule has 0 bridgehead atoms. The Balaban J connectivity index is 1.66. The number of fused-ring (bicyclic) bond motifs is 4. The summed E-state index contributed by atoms with van der Waals surface area (Å²) in [6.45, 7) is 1.80. The molecular weight excluding hydrogens is 462 g/mol. The highest BCUT2D eigenvalue weighted by molar-refractivity contribution is 6.35. The summed E-state index contributed by atoms with van der Waals surface area (Å²) < 4.78 is 0. The number of nitrogens with two attached hydrogens (primary N) is 2. The minimum atomic E-state index is -1.61. The largest absolute Gasteiger partial charge is 0.370 e. The van der Waals surface area contributed by atoms with Gasteiger partial charge in [-0.15, -0.1) is 0 Å². The van der Waals surface area contributed by atoms with E-state index in [0.29, 0.717) is 16.3 Å². The van der Waals surface area contributed by atoms with Crippen molar-refractivity contribution >= 4 is 52.5 Å². The van der Waals surface area contributed by atoms with E-state index in [1.165, 1.54) is 24.3 Å². The van der Waals surface area contributed by atoms with Gasteiger partial charge in [0.05, 0.1) is 28.2 Å². The van der Waals surface area contributed by atoms with Crippen LogP contribution < -0.4 is 27.0 Å². The van der Waals surface area contributed by atoms with E-state index in [1.807, 2.05) is 0 Å². The predicted octanol–water partition coefficient (Wildman–Crippen LogP) is 0.548. The first-order chi connectivity index (χ1) is 16.1. The Hall–Kier alpha value is -3.76. The third-order valence-corrected chi connectivity index (χ3v) is 7.05. The zero-order valence-electron chi connectivity index (χ0n) is 17.9. The summed E-state index contributed by atoms with van der Waals surface area (Å²) in [6, 6.07) is 8.24. The zero-order chi connectivity index (χ0) is 24.5. The summed E-state index contributed by atoms with van der Waals surface area (Å²) in [5, 5.41) is 6.15. The summed E-state index contributed by atoms with van der Waals surface area (Å²) in [4.78, 5) is 65.0. The first-order valence-corrected chi connectivity index (χ1v) is 10.9. The second-order valence-electron chi connectivity index (χ2n) is 8.78. The zero-order valence-corrected chi connectivity index (χ0v) is 18.7. The van der Waals surface area contributed by atoms with Crippen LogP contribution in [0.15, 0.2) is 36.4 Å². The standard InChI is InChI=1S/C23H20ClN5O5/c1-9-6-12-18(13(24)7-9)27-22(34)23(12)17-16(14(28-23)8-15(25)30)20(32)29(21(17)33)11-4-2-10(3-5-11)19(26)31/h2-7,14,16-17,28H,8H2,1H3,(H2,25,30)(H2,26,31)(H,27,34)/t14-,16+,17+,23-/m0/s1. The first-order valence-electron chi connectivity index (χ1n) is 10.5. The molecule has 34 heavy (non-hydrogen) atoms. The number of halogens is 1. The minimum absolute atomic E-state index is 0.210. The summed E-state index contributed by atoms with van der Waals surface area (Å²) in [6.07, 6.45) is -0.251. The Morgan fingerprint density at radius 1 is 1.09 bits per heavy atom. The number of aryl methyl sites for hydroxylation is 1. The fourth-order valence-corrected chi connectivity index (χ4v) is 5.74. The first kappa shape index (κ1) is 22.1. The molecule has 0 unspecified atom stereocenters. The van der Waals surface area contributed by atoms with Crippen molar-refractivity contribution in [2.75, 3.05) is 10.2 Å². The lowest BCUT2D eigenvalue weighted by Gasteiger charge is -2.29. The second kappa shape index (κ2) is 7.37. The van der Waals surface area contributed by atoms with Crippen molar-refractivity contribution in [2.24, 2.45) is 23.3 Å². The molecule has 0 radical (unpaired) electrons. The fourth-order valence-electron chi connectivity index (χ4n) is 5.41. The maximum atomic E-state index is 13.8. The van der Waals surface area contributed by atoms with Gasteiger partial charge >= 0.3 is 0 Å². The van der Waals surface area contributed by atoms with Gasteiger partial charge in [-0.05, 0) is 42.8 Å². The number of anilines is 2. The summed E-state index contributed by atoms with van der Waals surface area (Å²) in [7, 11) is 0. The average molecular weight is 482 g/mol. The monoisotopic (exact) mass is 481 g/mol. The summed E-state index contributed by atoms with van der Waals surface area (Å²) >= 11 is 6.38. The lowest BCUT2D eigenvalue weighted by atomic mass is 9.76. The molecule has 0 aliphatic carbocycles. The molecule has 3 aliphatic heterocycles. The number of amides is 5. The van der Waals surface area contributed by atoms with Crippen molar-refractivity contribution in [2.45, 2.75) is 24.9 Å². The van der Waals surface area contributed by atoms with E-state index in [2.05, 4.69) is 10.6 Å². The van der Waals surface area contributed by atoms with Crippen LogP contribution in [0.4, 0.5) is 11.4 Å². The van der Waals surface area contributed by atoms with Crippen LogP contribution in [0, 0.1) is 18.8 Å². The summed E-state index contributed by atoms with van der Waals surface area (Å²) in [5.74, 6) is -5.22. The van der Waals surface area contributed by atoms with Crippen molar-refractivity contribution in [3.63, 3.8) is 0 Å². The molecular formula is C23H20ClN5O5. The summed E-state index contributed by atoms with van der Waals surface area (Å²) in [5.41, 5.74) is 11.1. The van der Waals surface area contributed by atoms with Crippen LogP contribution in [-0.4, -0.2) is 35.6 Å². The Morgan fingerprint density at radius 2 is 1.76 bits per heavy atom. The molecule has 2 saturated heterocycles. The number of nitrogens with zero attached hydrogens (tertiary/aromatic N) is 1. The topological polar surface area (TPSA) is 165 Å². The minimum Gasteiger partial charge on any atom is -0.370 e. The van der Waals surface area contributed by atoms with Crippen molar-refractivity contribution in [3.05, 3.63) is 58.1 Å². The van der Waals surface area contributed by atoms with E-state index < -0.39 is 53.0 Å². The quantitative estimate of drug-likeness (QED) is 0.465. The van der Waals surface area contributed by atoms with Gasteiger partial charge in [0.15, 0.2) is 0 Å². The molecule has 3 heterocycles. The van der Waals surface area contributed by atoms with Gasteiger partial charge in [0.1, 0.15) is 5.54 Å². The van der Waals surface area contributed by atoms with Gasteiger partial charge in [-0.2, -0.15) is 0 Å². The van der Waals surface area contributed by atoms with E-state index in [4.69, 9.17) is 23.1 Å². The number of hydrogen-bond acceptors (Lipinski definition) is 6. The number of hydrogen-bond donors (Lipinski definition) is 4. The van der Waals surface area contributed by atoms with E-state index >= 15 is 0 Å². The van der Waals surface area contributed by atoms with Crippen LogP contribution in [0.2, 0.25) is 5.02 Å². The molecule has 6 N–H and O–H groups in total. The molecule has 5 rings (SSSR count). The van der Waals surface area contributed by atoms with Crippen molar-refractivity contribution in [1.82, 2.24) is 5.32 Å². The lowest BCUT2D eigenvalue weighted by molar-refractivity contribution is -0.130.